The lowest BCUT2D eigenvalue weighted by Gasteiger charge is -2.34. The van der Waals surface area contributed by atoms with Gasteiger partial charge in [-0.3, -0.25) is 9.59 Å². The summed E-state index contributed by atoms with van der Waals surface area (Å²) in [7, 11) is 0. The lowest BCUT2D eigenvalue weighted by Crippen LogP contribution is -2.54. The number of hydrogen-bond donors (Lipinski definition) is 0. The molecule has 12 heteroatoms. The number of piperazine rings is 1. The van der Waals surface area contributed by atoms with Gasteiger partial charge in [0.1, 0.15) is 6.04 Å². The van der Waals surface area contributed by atoms with Gasteiger partial charge in [0, 0.05) is 12.6 Å². The Bertz CT molecular complexity index is 1160. The van der Waals surface area contributed by atoms with Crippen molar-refractivity contribution in [1.82, 2.24) is 15.0 Å². The molecule has 2 aromatic rings. The van der Waals surface area contributed by atoms with Gasteiger partial charge in [-0.1, -0.05) is 5.16 Å². The van der Waals surface area contributed by atoms with Gasteiger partial charge < -0.3 is 14.3 Å². The van der Waals surface area contributed by atoms with E-state index in [4.69, 9.17) is 9.78 Å². The van der Waals surface area contributed by atoms with Crippen LogP contribution in [-0.4, -0.2) is 57.5 Å². The van der Waals surface area contributed by atoms with Crippen molar-refractivity contribution in [3.63, 3.8) is 0 Å². The topological polar surface area (TPSA) is 111 Å². The number of rotatable bonds is 2. The molecule has 3 aliphatic rings. The van der Waals surface area contributed by atoms with E-state index in [0.29, 0.717) is 17.4 Å². The maximum atomic E-state index is 13.3. The van der Waals surface area contributed by atoms with Crippen LogP contribution in [0.15, 0.2) is 35.0 Å². The lowest BCUT2D eigenvalue weighted by atomic mass is 10.1. The number of halogens is 3. The zero-order valence-electron chi connectivity index (χ0n) is 15.5. The van der Waals surface area contributed by atoms with E-state index >= 15 is 0 Å². The molecule has 5 rings (SSSR count). The number of alkyl halides is 3. The Labute approximate surface area is 172 Å². The largest absolute Gasteiger partial charge is 0.417 e. The van der Waals surface area contributed by atoms with Crippen LogP contribution in [0.3, 0.4) is 0 Å². The molecule has 4 heterocycles. The first kappa shape index (κ1) is 19.1. The number of carbonyl (C=O) groups excluding carboxylic acids is 3. The van der Waals surface area contributed by atoms with E-state index in [0.717, 1.165) is 12.1 Å². The van der Waals surface area contributed by atoms with E-state index in [-0.39, 0.29) is 18.0 Å². The zero-order valence-corrected chi connectivity index (χ0v) is 15.5. The van der Waals surface area contributed by atoms with Crippen LogP contribution in [-0.2, 0) is 11.0 Å². The number of nitriles is 1. The lowest BCUT2D eigenvalue weighted by molar-refractivity contribution is -0.137. The van der Waals surface area contributed by atoms with Gasteiger partial charge >= 0.3 is 12.2 Å². The predicted octanol–water partition coefficient (Wildman–Crippen LogP) is 2.00. The van der Waals surface area contributed by atoms with Crippen LogP contribution in [0.4, 0.5) is 23.7 Å². The Morgan fingerprint density at radius 1 is 1.26 bits per heavy atom. The number of amides is 4. The quantitative estimate of drug-likeness (QED) is 0.673. The second kappa shape index (κ2) is 6.31. The number of fused-ring (bicyclic) bond motifs is 5. The minimum atomic E-state index is -4.83. The Hall–Kier alpha value is -3.88. The van der Waals surface area contributed by atoms with Gasteiger partial charge in [0.15, 0.2) is 0 Å². The number of hydrogen-bond acceptors (Lipinski definition) is 6. The van der Waals surface area contributed by atoms with Crippen LogP contribution in [0.5, 0.6) is 0 Å². The van der Waals surface area contributed by atoms with Crippen LogP contribution in [0.2, 0.25) is 0 Å². The number of benzene rings is 1. The van der Waals surface area contributed by atoms with Gasteiger partial charge in [0.2, 0.25) is 5.76 Å². The molecule has 0 saturated carbocycles. The molecule has 1 aromatic heterocycles. The van der Waals surface area contributed by atoms with Crippen molar-refractivity contribution >= 4 is 23.5 Å². The van der Waals surface area contributed by atoms with Gasteiger partial charge in [-0.2, -0.15) is 18.4 Å². The monoisotopic (exact) mass is 431 g/mol. The normalized spacial score (nSPS) is 24.7. The highest BCUT2D eigenvalue weighted by atomic mass is 19.4. The van der Waals surface area contributed by atoms with Crippen molar-refractivity contribution < 1.29 is 32.1 Å². The van der Waals surface area contributed by atoms with E-state index in [1.807, 2.05) is 0 Å². The van der Waals surface area contributed by atoms with Crippen molar-refractivity contribution in [2.75, 3.05) is 11.4 Å². The Kier molecular flexibility index (Phi) is 3.89. The van der Waals surface area contributed by atoms with Crippen LogP contribution in [0.25, 0.3) is 0 Å². The average Bonchev–Trinajstić information content (AvgIpc) is 3.50. The second-order valence-electron chi connectivity index (χ2n) is 7.44. The molecule has 3 fully saturated rings. The predicted molar refractivity (Wildman–Crippen MR) is 94.4 cm³/mol. The van der Waals surface area contributed by atoms with E-state index < -0.39 is 53.3 Å². The Morgan fingerprint density at radius 2 is 2.03 bits per heavy atom. The molecular formula is C19H12F3N5O4. The Balaban J connectivity index is 1.48. The van der Waals surface area contributed by atoms with Gasteiger partial charge in [-0.15, -0.1) is 0 Å². The number of anilines is 1. The second-order valence-corrected chi connectivity index (χ2v) is 7.44. The number of nitrogens with zero attached hydrogens (tertiary/aromatic N) is 5. The molecular weight excluding hydrogens is 419 g/mol. The third kappa shape index (κ3) is 2.62. The smallest absolute Gasteiger partial charge is 0.351 e. The fourth-order valence-electron chi connectivity index (χ4n) is 4.60. The molecule has 3 saturated heterocycles. The Morgan fingerprint density at radius 3 is 2.68 bits per heavy atom. The molecule has 0 N–H and O–H groups in total. The molecule has 158 valence electrons. The van der Waals surface area contributed by atoms with Gasteiger partial charge in [0.05, 0.1) is 41.2 Å². The highest BCUT2D eigenvalue weighted by Gasteiger charge is 2.63. The minimum absolute atomic E-state index is 0.00496. The molecule has 1 aromatic carbocycles. The van der Waals surface area contributed by atoms with Crippen molar-refractivity contribution in [2.24, 2.45) is 0 Å². The average molecular weight is 431 g/mol. The molecule has 9 nitrogen and oxygen atoms in total. The van der Waals surface area contributed by atoms with Crippen LogP contribution < -0.4 is 4.90 Å². The first-order chi connectivity index (χ1) is 14.7. The number of aromatic nitrogens is 1. The standard InChI is InChI=1S/C19H12F3N5O4/c20-19(21,22)12-5-10(2-1-9(12)7-23)27-17(29)15-13-6-11(26(15)18(27)30)8-25(13)16(28)14-3-4-24-31-14/h1-5,11,13,15H,6,8H2/t11-,13-,15+/m0/s1. The van der Waals surface area contributed by atoms with E-state index in [2.05, 4.69) is 5.16 Å². The molecule has 2 bridgehead atoms. The van der Waals surface area contributed by atoms with Gasteiger partial charge in [-0.05, 0) is 24.6 Å². The highest BCUT2D eigenvalue weighted by molar-refractivity contribution is 6.22. The summed E-state index contributed by atoms with van der Waals surface area (Å²) in [5.74, 6) is -1.19. The van der Waals surface area contributed by atoms with Crippen LogP contribution in [0, 0.1) is 11.3 Å². The molecule has 0 radical (unpaired) electrons. The maximum Gasteiger partial charge on any atom is 0.417 e. The summed E-state index contributed by atoms with van der Waals surface area (Å²) in [6.07, 6.45) is -3.14. The fourth-order valence-corrected chi connectivity index (χ4v) is 4.60. The number of likely N-dealkylation sites (tertiary alicyclic amines) is 1. The molecule has 31 heavy (non-hydrogen) atoms. The number of urea groups is 1. The summed E-state index contributed by atoms with van der Waals surface area (Å²) in [5, 5.41) is 12.4. The maximum absolute atomic E-state index is 13.3. The van der Waals surface area contributed by atoms with E-state index in [1.54, 1.807) is 0 Å². The summed E-state index contributed by atoms with van der Waals surface area (Å²) in [4.78, 5) is 42.2. The van der Waals surface area contributed by atoms with Crippen molar-refractivity contribution in [3.8, 4) is 6.07 Å². The van der Waals surface area contributed by atoms with Crippen molar-refractivity contribution in [1.29, 1.82) is 5.26 Å². The molecule has 3 atom stereocenters. The highest BCUT2D eigenvalue weighted by Crippen LogP contribution is 2.43. The van der Waals surface area contributed by atoms with Crippen LogP contribution >= 0.6 is 0 Å². The van der Waals surface area contributed by atoms with E-state index in [1.165, 1.54) is 28.1 Å². The van der Waals surface area contributed by atoms with Crippen LogP contribution in [0.1, 0.15) is 28.1 Å². The SMILES string of the molecule is N#Cc1ccc(N2C(=O)[C@H]3[C@@H]4C[C@@H](CN4C(=O)c4ccno4)N3C2=O)cc1C(F)(F)F. The first-order valence-corrected chi connectivity index (χ1v) is 9.21. The summed E-state index contributed by atoms with van der Waals surface area (Å²) in [6, 6.07) is 2.72. The summed E-state index contributed by atoms with van der Waals surface area (Å²) < 4.78 is 44.9. The molecule has 4 amide bonds. The number of carbonyl (C=O) groups is 3. The summed E-state index contributed by atoms with van der Waals surface area (Å²) in [5.41, 5.74) is -2.12. The molecule has 0 spiro atoms. The van der Waals surface area contributed by atoms with Gasteiger partial charge in [0.25, 0.3) is 11.8 Å². The fraction of sp³-hybridized carbons (Fsp3) is 0.316. The zero-order chi connectivity index (χ0) is 22.1. The van der Waals surface area contributed by atoms with Crippen molar-refractivity contribution in [2.45, 2.75) is 30.7 Å². The minimum Gasteiger partial charge on any atom is -0.351 e. The third-order valence-electron chi connectivity index (χ3n) is 5.86. The molecule has 0 unspecified atom stereocenters. The molecule has 0 aliphatic carbocycles. The third-order valence-corrected chi connectivity index (χ3v) is 5.86. The molecule has 3 aliphatic heterocycles. The first-order valence-electron chi connectivity index (χ1n) is 9.21. The number of imide groups is 1. The van der Waals surface area contributed by atoms with Crippen molar-refractivity contribution in [3.05, 3.63) is 47.3 Å². The summed E-state index contributed by atoms with van der Waals surface area (Å²) >= 11 is 0. The van der Waals surface area contributed by atoms with Gasteiger partial charge in [-0.25, -0.2) is 9.69 Å². The van der Waals surface area contributed by atoms with E-state index in [9.17, 15) is 27.6 Å². The summed E-state index contributed by atoms with van der Waals surface area (Å²) in [6.45, 7) is 0.175.